The predicted octanol–water partition coefficient (Wildman–Crippen LogP) is -2.03. The molecule has 1 aromatic rings. The van der Waals surface area contributed by atoms with Gasteiger partial charge in [-0.25, -0.2) is 0 Å². The highest BCUT2D eigenvalue weighted by atomic mass is 32.1. The van der Waals surface area contributed by atoms with E-state index in [4.69, 9.17) is 17.0 Å². The Morgan fingerprint density at radius 3 is 2.52 bits per heavy atom. The Morgan fingerprint density at radius 1 is 1.17 bits per heavy atom. The number of nitrogens with one attached hydrogen (secondary N) is 2. The Morgan fingerprint density at radius 2 is 1.86 bits per heavy atom. The summed E-state index contributed by atoms with van der Waals surface area (Å²) in [6.07, 6.45) is -7.01. The van der Waals surface area contributed by atoms with Gasteiger partial charge in [-0.05, 0) is 30.8 Å². The topological polar surface area (TPSA) is 152 Å². The zero-order chi connectivity index (χ0) is 21.1. The molecular formula is C18H23N3O7S. The third kappa shape index (κ3) is 4.55. The summed E-state index contributed by atoms with van der Waals surface area (Å²) in [7, 11) is 0. The van der Waals surface area contributed by atoms with Crippen molar-refractivity contribution in [1.82, 2.24) is 10.6 Å². The third-order valence-electron chi connectivity index (χ3n) is 4.89. The molecule has 2 heterocycles. The first-order chi connectivity index (χ1) is 13.8. The van der Waals surface area contributed by atoms with Gasteiger partial charge in [0.15, 0.2) is 11.3 Å². The fourth-order valence-corrected chi connectivity index (χ4v) is 3.61. The Balaban J connectivity index is 1.54. The molecule has 11 heteroatoms. The highest BCUT2D eigenvalue weighted by Gasteiger charge is 2.44. The second-order valence-corrected chi connectivity index (χ2v) is 7.25. The Bertz CT molecular complexity index is 763. The molecule has 3 rings (SSSR count). The Kier molecular flexibility index (Phi) is 6.77. The maximum atomic E-state index is 12.6. The maximum absolute atomic E-state index is 12.6. The summed E-state index contributed by atoms with van der Waals surface area (Å²) in [5.74, 6) is -0.810. The average Bonchev–Trinajstić information content (AvgIpc) is 3.00. The van der Waals surface area contributed by atoms with Crippen molar-refractivity contribution in [2.45, 2.75) is 49.5 Å². The van der Waals surface area contributed by atoms with Crippen LogP contribution < -0.4 is 15.5 Å². The summed E-state index contributed by atoms with van der Waals surface area (Å²) in [4.78, 5) is 26.2. The SMILES string of the molecule is O=C(CCC1NC(=S)N(c2ccccc2)C1=O)N[C@@H]1O[C@H](CO)[C@H](O)[C@H](O)[C@H]1O. The minimum atomic E-state index is -1.58. The number of carbonyl (C=O) groups excluding carboxylic acids is 2. The average molecular weight is 425 g/mol. The minimum absolute atomic E-state index is 0.0797. The third-order valence-corrected chi connectivity index (χ3v) is 5.19. The van der Waals surface area contributed by atoms with Crippen LogP contribution >= 0.6 is 12.2 Å². The molecule has 2 aliphatic heterocycles. The lowest BCUT2D eigenvalue weighted by Gasteiger charge is -2.40. The van der Waals surface area contributed by atoms with Crippen molar-refractivity contribution in [3.05, 3.63) is 30.3 Å². The van der Waals surface area contributed by atoms with Gasteiger partial charge in [0.2, 0.25) is 5.91 Å². The van der Waals surface area contributed by atoms with Gasteiger partial charge < -0.3 is 35.8 Å². The summed E-state index contributed by atoms with van der Waals surface area (Å²) in [5.41, 5.74) is 0.628. The molecule has 0 spiro atoms. The number of benzene rings is 1. The van der Waals surface area contributed by atoms with Crippen molar-refractivity contribution in [3.63, 3.8) is 0 Å². The van der Waals surface area contributed by atoms with E-state index in [2.05, 4.69) is 10.6 Å². The van der Waals surface area contributed by atoms with Gasteiger partial charge in [0.05, 0.1) is 12.3 Å². The van der Waals surface area contributed by atoms with Gasteiger partial charge in [-0.1, -0.05) is 18.2 Å². The molecule has 0 radical (unpaired) electrons. The van der Waals surface area contributed by atoms with Crippen LogP contribution in [0.3, 0.4) is 0 Å². The van der Waals surface area contributed by atoms with E-state index in [0.717, 1.165) is 0 Å². The van der Waals surface area contributed by atoms with Crippen LogP contribution in [0.2, 0.25) is 0 Å². The summed E-state index contributed by atoms with van der Waals surface area (Å²) < 4.78 is 5.23. The highest BCUT2D eigenvalue weighted by molar-refractivity contribution is 7.80. The van der Waals surface area contributed by atoms with E-state index in [-0.39, 0.29) is 23.9 Å². The largest absolute Gasteiger partial charge is 0.394 e. The van der Waals surface area contributed by atoms with Crippen molar-refractivity contribution >= 4 is 34.8 Å². The predicted molar refractivity (Wildman–Crippen MR) is 105 cm³/mol. The number of hydrogen-bond acceptors (Lipinski definition) is 8. The van der Waals surface area contributed by atoms with Crippen molar-refractivity contribution < 1.29 is 34.8 Å². The molecule has 2 aliphatic rings. The molecule has 2 fully saturated rings. The van der Waals surface area contributed by atoms with Crippen LogP contribution in [0.1, 0.15) is 12.8 Å². The standard InChI is InChI=1S/C18H23N3O7S/c22-8-11-13(24)14(25)15(26)16(28-11)20-12(23)7-6-10-17(27)21(18(29)19-10)9-4-2-1-3-5-9/h1-5,10-11,13-16,22,24-26H,6-8H2,(H,19,29)(H,20,23)/t10?,11-,13+,14+,15-,16-/m1/s1. The number of thiocarbonyl (C=S) groups is 1. The number of para-hydroxylation sites is 1. The second kappa shape index (κ2) is 9.11. The van der Waals surface area contributed by atoms with Crippen molar-refractivity contribution in [1.29, 1.82) is 0 Å². The molecule has 1 aromatic carbocycles. The first-order valence-corrected chi connectivity index (χ1v) is 9.53. The molecule has 0 saturated carbocycles. The maximum Gasteiger partial charge on any atom is 0.255 e. The summed E-state index contributed by atoms with van der Waals surface area (Å²) in [6, 6.07) is 8.21. The number of rotatable bonds is 6. The van der Waals surface area contributed by atoms with Gasteiger partial charge in [0, 0.05) is 6.42 Å². The fraction of sp³-hybridized carbons (Fsp3) is 0.500. The fourth-order valence-electron chi connectivity index (χ4n) is 3.28. The van der Waals surface area contributed by atoms with Gasteiger partial charge in [-0.3, -0.25) is 14.5 Å². The molecule has 2 amide bonds. The number of anilines is 1. The lowest BCUT2D eigenvalue weighted by molar-refractivity contribution is -0.236. The van der Waals surface area contributed by atoms with Gasteiger partial charge >= 0.3 is 0 Å². The van der Waals surface area contributed by atoms with Gasteiger partial charge in [-0.15, -0.1) is 0 Å². The summed E-state index contributed by atoms with van der Waals surface area (Å²) >= 11 is 5.22. The van der Waals surface area contributed by atoms with Crippen molar-refractivity contribution in [2.75, 3.05) is 11.5 Å². The molecule has 158 valence electrons. The summed E-state index contributed by atoms with van der Waals surface area (Å²) in [5, 5.41) is 44.2. The van der Waals surface area contributed by atoms with Crippen LogP contribution in [0.15, 0.2) is 30.3 Å². The quantitative estimate of drug-likeness (QED) is 0.284. The molecule has 29 heavy (non-hydrogen) atoms. The van der Waals surface area contributed by atoms with Crippen LogP contribution in [-0.2, 0) is 14.3 Å². The van der Waals surface area contributed by atoms with Crippen LogP contribution in [0.4, 0.5) is 5.69 Å². The zero-order valence-corrected chi connectivity index (χ0v) is 16.2. The van der Waals surface area contributed by atoms with Crippen LogP contribution in [-0.4, -0.2) is 80.6 Å². The monoisotopic (exact) mass is 425 g/mol. The first kappa shape index (κ1) is 21.6. The lowest BCUT2D eigenvalue weighted by Crippen LogP contribution is -2.63. The molecule has 0 aromatic heterocycles. The smallest absolute Gasteiger partial charge is 0.255 e. The summed E-state index contributed by atoms with van der Waals surface area (Å²) in [6.45, 7) is -0.593. The molecule has 6 N–H and O–H groups in total. The normalized spacial score (nSPS) is 32.2. The Labute approximate surface area is 172 Å². The molecular weight excluding hydrogens is 402 g/mol. The molecule has 0 aliphatic carbocycles. The van der Waals surface area contributed by atoms with Crippen LogP contribution in [0, 0.1) is 0 Å². The van der Waals surface area contributed by atoms with Gasteiger partial charge in [0.25, 0.3) is 5.91 Å². The Hall–Kier alpha value is -2.15. The second-order valence-electron chi connectivity index (χ2n) is 6.87. The molecule has 10 nitrogen and oxygen atoms in total. The van der Waals surface area contributed by atoms with E-state index in [1.807, 2.05) is 6.07 Å². The molecule has 0 bridgehead atoms. The van der Waals surface area contributed by atoms with E-state index >= 15 is 0 Å². The van der Waals surface area contributed by atoms with E-state index in [1.54, 1.807) is 24.3 Å². The minimum Gasteiger partial charge on any atom is -0.394 e. The number of carbonyl (C=O) groups is 2. The number of ether oxygens (including phenoxy) is 1. The van der Waals surface area contributed by atoms with E-state index in [9.17, 15) is 30.0 Å². The number of hydrogen-bond donors (Lipinski definition) is 6. The van der Waals surface area contributed by atoms with E-state index < -0.39 is 49.2 Å². The van der Waals surface area contributed by atoms with Crippen molar-refractivity contribution in [3.8, 4) is 0 Å². The molecule has 2 saturated heterocycles. The lowest BCUT2D eigenvalue weighted by atomic mass is 9.98. The van der Waals surface area contributed by atoms with Gasteiger partial charge in [0.1, 0.15) is 30.5 Å². The zero-order valence-electron chi connectivity index (χ0n) is 15.3. The first-order valence-electron chi connectivity index (χ1n) is 9.13. The van der Waals surface area contributed by atoms with Crippen molar-refractivity contribution in [2.24, 2.45) is 0 Å². The number of aliphatic hydroxyl groups is 4. The van der Waals surface area contributed by atoms with E-state index in [1.165, 1.54) is 4.90 Å². The number of amides is 2. The van der Waals surface area contributed by atoms with Gasteiger partial charge in [-0.2, -0.15) is 0 Å². The number of aliphatic hydroxyl groups excluding tert-OH is 4. The highest BCUT2D eigenvalue weighted by Crippen LogP contribution is 2.22. The van der Waals surface area contributed by atoms with Crippen LogP contribution in [0.25, 0.3) is 0 Å². The molecule has 6 atom stereocenters. The van der Waals surface area contributed by atoms with E-state index in [0.29, 0.717) is 5.69 Å². The number of nitrogens with zero attached hydrogens (tertiary/aromatic N) is 1. The molecule has 1 unspecified atom stereocenters. The van der Waals surface area contributed by atoms with Crippen LogP contribution in [0.5, 0.6) is 0 Å².